The van der Waals surface area contributed by atoms with Gasteiger partial charge in [-0.1, -0.05) is 0 Å². The minimum absolute atomic E-state index is 0.245. The molecule has 0 unspecified atom stereocenters. The van der Waals surface area contributed by atoms with Crippen molar-refractivity contribution in [3.63, 3.8) is 0 Å². The van der Waals surface area contributed by atoms with E-state index in [2.05, 4.69) is 0 Å². The third-order valence-electron chi connectivity index (χ3n) is 1.17. The van der Waals surface area contributed by atoms with Crippen LogP contribution in [0.5, 0.6) is 0 Å². The Bertz CT molecular complexity index is 303. The second-order valence-electron chi connectivity index (χ2n) is 1.95. The van der Waals surface area contributed by atoms with Crippen LogP contribution in [0.2, 0.25) is 0 Å². The fraction of sp³-hybridized carbons (Fsp3) is 0. The fourth-order valence-electron chi connectivity index (χ4n) is 0.642. The monoisotopic (exact) mass is 507 g/mol. The quantitative estimate of drug-likeness (QED) is 0.315. The van der Waals surface area contributed by atoms with E-state index in [0.717, 1.165) is 0 Å². The first-order valence-corrected chi connectivity index (χ1v) is 5.79. The van der Waals surface area contributed by atoms with Crippen molar-refractivity contribution in [1.29, 1.82) is 0 Å². The minimum atomic E-state index is -0.412. The molecule has 0 aliphatic carbocycles. The summed E-state index contributed by atoms with van der Waals surface area (Å²) in [7, 11) is 0. The Labute approximate surface area is 110 Å². The van der Waals surface area contributed by atoms with E-state index in [0.29, 0.717) is 3.57 Å². The highest BCUT2D eigenvalue weighted by Gasteiger charge is 2.10. The van der Waals surface area contributed by atoms with E-state index < -0.39 is 11.6 Å². The van der Waals surface area contributed by atoms with Crippen LogP contribution in [0.1, 0.15) is 0 Å². The Kier molecular flexibility index (Phi) is 4.21. The lowest BCUT2D eigenvalue weighted by atomic mass is 10.3. The summed E-state index contributed by atoms with van der Waals surface area (Å²) in [6.07, 6.45) is 0. The van der Waals surface area contributed by atoms with Gasteiger partial charge in [-0.2, -0.15) is 0 Å². The van der Waals surface area contributed by atoms with Gasteiger partial charge >= 0.3 is 0 Å². The number of benzene rings is 1. The van der Waals surface area contributed by atoms with Crippen molar-refractivity contribution in [2.75, 3.05) is 1.33 Å². The molecule has 1 aromatic carbocycles. The normalized spacial score (nSPS) is 10.1. The largest absolute Gasteiger partial charge is 0.252 e. The molecule has 1 aromatic rings. The summed E-state index contributed by atoms with van der Waals surface area (Å²) in [5.41, 5.74) is 0.245. The zero-order chi connectivity index (χ0) is 9.30. The van der Waals surface area contributed by atoms with Crippen LogP contribution in [0, 0.1) is 15.2 Å². The first-order chi connectivity index (χ1) is 5.52. The summed E-state index contributed by atoms with van der Waals surface area (Å²) in [5, 5.41) is 0. The van der Waals surface area contributed by atoms with Gasteiger partial charge in [-0.25, -0.2) is 8.78 Å². The predicted octanol–water partition coefficient (Wildman–Crippen LogP) is 4.08. The van der Waals surface area contributed by atoms with Crippen molar-refractivity contribution in [2.24, 2.45) is 0 Å². The standard InChI is InChI=1S/C6H2F2I3N/c7-3-2-6(12(10)11)4(8)1-5(3)9/h1-2H. The molecule has 12 heavy (non-hydrogen) atoms. The molecule has 0 aliphatic heterocycles. The van der Waals surface area contributed by atoms with Crippen molar-refractivity contribution < 1.29 is 8.78 Å². The van der Waals surface area contributed by atoms with Crippen molar-refractivity contribution in [1.82, 2.24) is 0 Å². The number of hydrogen-bond donors (Lipinski definition) is 0. The molecule has 0 bridgehead atoms. The van der Waals surface area contributed by atoms with E-state index in [4.69, 9.17) is 0 Å². The molecule has 66 valence electrons. The average molecular weight is 507 g/mol. The number of halogens is 5. The first kappa shape index (κ1) is 11.1. The molecule has 0 heterocycles. The average Bonchev–Trinajstić information content (AvgIpc) is 1.96. The molecule has 0 aliphatic rings. The smallest absolute Gasteiger partial charge is 0.149 e. The van der Waals surface area contributed by atoms with Crippen molar-refractivity contribution >= 4 is 74.0 Å². The molecule has 0 atom stereocenters. The first-order valence-electron chi connectivity index (χ1n) is 2.78. The summed E-state index contributed by atoms with van der Waals surface area (Å²) in [4.78, 5) is 0. The lowest BCUT2D eigenvalue weighted by Gasteiger charge is -2.08. The third kappa shape index (κ3) is 2.53. The van der Waals surface area contributed by atoms with Gasteiger partial charge < -0.3 is 0 Å². The lowest BCUT2D eigenvalue weighted by molar-refractivity contribution is 0.597. The molecule has 0 saturated carbocycles. The van der Waals surface area contributed by atoms with Gasteiger partial charge in [0.05, 0.1) is 55.0 Å². The molecule has 0 N–H and O–H groups in total. The highest BCUT2D eigenvalue weighted by atomic mass is 127. The van der Waals surface area contributed by atoms with E-state index in [9.17, 15) is 8.78 Å². The fourth-order valence-corrected chi connectivity index (χ4v) is 1.81. The van der Waals surface area contributed by atoms with Crippen LogP contribution in [0.3, 0.4) is 0 Å². The Balaban J connectivity index is 3.23. The Morgan fingerprint density at radius 3 is 2.17 bits per heavy atom. The summed E-state index contributed by atoms with van der Waals surface area (Å²) < 4.78 is 27.7. The van der Waals surface area contributed by atoms with Crippen LogP contribution in [0.15, 0.2) is 12.1 Å². The zero-order valence-corrected chi connectivity index (χ0v) is 12.0. The second-order valence-corrected chi connectivity index (χ2v) is 6.89. The molecule has 0 aromatic heterocycles. The number of hydrogen-bond acceptors (Lipinski definition) is 1. The van der Waals surface area contributed by atoms with E-state index in [1.165, 1.54) is 13.5 Å². The molecule has 0 fully saturated rings. The van der Waals surface area contributed by atoms with Crippen molar-refractivity contribution in [2.45, 2.75) is 0 Å². The van der Waals surface area contributed by atoms with Crippen molar-refractivity contribution in [3.05, 3.63) is 27.3 Å². The maximum Gasteiger partial charge on any atom is 0.149 e. The van der Waals surface area contributed by atoms with Crippen LogP contribution in [0.4, 0.5) is 14.5 Å². The molecular weight excluding hydrogens is 505 g/mol. The topological polar surface area (TPSA) is 3.24 Å². The summed E-state index contributed by atoms with van der Waals surface area (Å²) in [5.74, 6) is -0.810. The highest BCUT2D eigenvalue weighted by Crippen LogP contribution is 2.28. The van der Waals surface area contributed by atoms with Crippen LogP contribution in [-0.4, -0.2) is 0 Å². The molecule has 1 rings (SSSR count). The highest BCUT2D eigenvalue weighted by molar-refractivity contribution is 14.2. The molecule has 0 saturated heterocycles. The van der Waals surface area contributed by atoms with E-state index in [-0.39, 0.29) is 5.69 Å². The maximum atomic E-state index is 13.1. The molecule has 0 radical (unpaired) electrons. The number of anilines is 1. The molecular formula is C6H2F2I3N. The lowest BCUT2D eigenvalue weighted by Crippen LogP contribution is -1.96. The van der Waals surface area contributed by atoms with Gasteiger partial charge in [-0.05, 0) is 28.7 Å². The molecule has 1 nitrogen and oxygen atoms in total. The number of rotatable bonds is 1. The van der Waals surface area contributed by atoms with E-state index in [1.807, 2.05) is 45.7 Å². The van der Waals surface area contributed by atoms with Gasteiger partial charge in [0.1, 0.15) is 11.6 Å². The van der Waals surface area contributed by atoms with Gasteiger partial charge in [0, 0.05) is 6.07 Å². The van der Waals surface area contributed by atoms with E-state index in [1.54, 1.807) is 22.6 Å². The van der Waals surface area contributed by atoms with Crippen LogP contribution < -0.4 is 1.33 Å². The maximum absolute atomic E-state index is 13.1. The van der Waals surface area contributed by atoms with Crippen LogP contribution in [0.25, 0.3) is 0 Å². The Morgan fingerprint density at radius 2 is 1.67 bits per heavy atom. The minimum Gasteiger partial charge on any atom is -0.252 e. The van der Waals surface area contributed by atoms with E-state index >= 15 is 0 Å². The summed E-state index contributed by atoms with van der Waals surface area (Å²) >= 11 is 5.50. The van der Waals surface area contributed by atoms with Crippen molar-refractivity contribution in [3.8, 4) is 0 Å². The third-order valence-corrected chi connectivity index (χ3v) is 3.04. The van der Waals surface area contributed by atoms with Crippen LogP contribution >= 0.6 is 68.3 Å². The van der Waals surface area contributed by atoms with Gasteiger partial charge in [0.2, 0.25) is 0 Å². The van der Waals surface area contributed by atoms with Gasteiger partial charge in [0.15, 0.2) is 0 Å². The summed E-state index contributed by atoms with van der Waals surface area (Å²) in [6, 6.07) is 2.35. The molecule has 0 amide bonds. The Hall–Kier alpha value is 1.07. The van der Waals surface area contributed by atoms with Gasteiger partial charge in [0.25, 0.3) is 0 Å². The predicted molar refractivity (Wildman–Crippen MR) is 69.6 cm³/mol. The summed E-state index contributed by atoms with van der Waals surface area (Å²) in [6.45, 7) is 0. The van der Waals surface area contributed by atoms with Gasteiger partial charge in [-0.3, -0.25) is 1.33 Å². The zero-order valence-electron chi connectivity index (χ0n) is 5.49. The molecule has 6 heteroatoms. The Morgan fingerprint density at radius 1 is 1.08 bits per heavy atom. The van der Waals surface area contributed by atoms with Crippen LogP contribution in [-0.2, 0) is 0 Å². The molecule has 0 spiro atoms. The number of nitrogens with zero attached hydrogens (tertiary/aromatic N) is 1. The SMILES string of the molecule is Fc1cc(N(I)I)c(F)cc1I. The second kappa shape index (κ2) is 4.53. The van der Waals surface area contributed by atoms with Gasteiger partial charge in [-0.15, -0.1) is 0 Å².